The minimum atomic E-state index is -0.660. The second kappa shape index (κ2) is 6.87. The van der Waals surface area contributed by atoms with E-state index in [1.54, 1.807) is 24.2 Å². The molecule has 0 saturated carbocycles. The maximum atomic E-state index is 12.9. The Balaban J connectivity index is 1.98. The van der Waals surface area contributed by atoms with Crippen LogP contribution in [-0.2, 0) is 20.7 Å². The van der Waals surface area contributed by atoms with Crippen molar-refractivity contribution in [3.63, 3.8) is 0 Å². The molecular formula is C21H21N3O3. The van der Waals surface area contributed by atoms with E-state index < -0.39 is 12.0 Å². The third kappa shape index (κ3) is 2.77. The monoisotopic (exact) mass is 363 g/mol. The van der Waals surface area contributed by atoms with Gasteiger partial charge in [0.2, 0.25) is 5.91 Å². The van der Waals surface area contributed by atoms with Crippen molar-refractivity contribution in [1.82, 2.24) is 14.9 Å². The molecule has 2 aromatic heterocycles. The summed E-state index contributed by atoms with van der Waals surface area (Å²) in [4.78, 5) is 34.7. The fourth-order valence-corrected chi connectivity index (χ4v) is 3.99. The van der Waals surface area contributed by atoms with E-state index in [2.05, 4.69) is 9.97 Å². The molecule has 3 aromatic rings. The average molecular weight is 363 g/mol. The third-order valence-electron chi connectivity index (χ3n) is 5.22. The van der Waals surface area contributed by atoms with Gasteiger partial charge in [0, 0.05) is 41.8 Å². The molecule has 2 atom stereocenters. The predicted molar refractivity (Wildman–Crippen MR) is 101 cm³/mol. The number of rotatable bonds is 3. The Morgan fingerprint density at radius 3 is 2.67 bits per heavy atom. The predicted octanol–water partition coefficient (Wildman–Crippen LogP) is 2.99. The Morgan fingerprint density at radius 2 is 1.96 bits per heavy atom. The second-order valence-electron chi connectivity index (χ2n) is 6.64. The van der Waals surface area contributed by atoms with E-state index in [4.69, 9.17) is 4.74 Å². The SMILES string of the molecule is CCC(=O)N1C(C(=O)OC)Cc2c([nH]c3ccccc23)C1c1ccncc1. The molecule has 1 N–H and O–H groups in total. The van der Waals surface area contributed by atoms with Crippen LogP contribution in [0.4, 0.5) is 0 Å². The first-order valence-electron chi connectivity index (χ1n) is 9.04. The maximum absolute atomic E-state index is 12.9. The van der Waals surface area contributed by atoms with Crippen molar-refractivity contribution in [2.45, 2.75) is 31.8 Å². The molecule has 0 aliphatic carbocycles. The van der Waals surface area contributed by atoms with Crippen LogP contribution in [0.15, 0.2) is 48.8 Å². The molecule has 3 heterocycles. The number of benzene rings is 1. The number of hydrogen-bond donors (Lipinski definition) is 1. The molecule has 0 saturated heterocycles. The van der Waals surface area contributed by atoms with Crippen molar-refractivity contribution in [3.05, 3.63) is 65.6 Å². The lowest BCUT2D eigenvalue weighted by molar-refractivity contribution is -0.155. The Morgan fingerprint density at radius 1 is 1.22 bits per heavy atom. The molecule has 6 heteroatoms. The van der Waals surface area contributed by atoms with Crippen LogP contribution in [0, 0.1) is 0 Å². The normalized spacial score (nSPS) is 19.0. The van der Waals surface area contributed by atoms with E-state index in [9.17, 15) is 9.59 Å². The number of pyridine rings is 1. The minimum Gasteiger partial charge on any atom is -0.467 e. The van der Waals surface area contributed by atoms with Gasteiger partial charge in [0.05, 0.1) is 13.2 Å². The number of esters is 1. The Kier molecular flexibility index (Phi) is 4.39. The zero-order valence-electron chi connectivity index (χ0n) is 15.3. The summed E-state index contributed by atoms with van der Waals surface area (Å²) in [5.74, 6) is -0.483. The van der Waals surface area contributed by atoms with Crippen LogP contribution < -0.4 is 0 Å². The highest BCUT2D eigenvalue weighted by atomic mass is 16.5. The quantitative estimate of drug-likeness (QED) is 0.726. The number of para-hydroxylation sites is 1. The maximum Gasteiger partial charge on any atom is 0.328 e. The number of ether oxygens (including phenoxy) is 1. The summed E-state index contributed by atoms with van der Waals surface area (Å²) >= 11 is 0. The zero-order chi connectivity index (χ0) is 19.0. The van der Waals surface area contributed by atoms with Gasteiger partial charge in [0.25, 0.3) is 0 Å². The van der Waals surface area contributed by atoms with Crippen LogP contribution in [0.25, 0.3) is 10.9 Å². The number of aromatic amines is 1. The van der Waals surface area contributed by atoms with Gasteiger partial charge in [-0.3, -0.25) is 9.78 Å². The van der Waals surface area contributed by atoms with Crippen molar-refractivity contribution in [2.24, 2.45) is 0 Å². The summed E-state index contributed by atoms with van der Waals surface area (Å²) in [6.07, 6.45) is 4.14. The largest absolute Gasteiger partial charge is 0.467 e. The third-order valence-corrected chi connectivity index (χ3v) is 5.22. The smallest absolute Gasteiger partial charge is 0.328 e. The topological polar surface area (TPSA) is 75.3 Å². The highest BCUT2D eigenvalue weighted by Crippen LogP contribution is 2.41. The lowest BCUT2D eigenvalue weighted by Crippen LogP contribution is -2.51. The van der Waals surface area contributed by atoms with Gasteiger partial charge in [-0.15, -0.1) is 0 Å². The molecule has 1 aliphatic rings. The van der Waals surface area contributed by atoms with Crippen LogP contribution in [0.1, 0.15) is 36.2 Å². The van der Waals surface area contributed by atoms with Gasteiger partial charge in [0.15, 0.2) is 0 Å². The Bertz CT molecular complexity index is 996. The molecule has 138 valence electrons. The van der Waals surface area contributed by atoms with Crippen LogP contribution in [0.2, 0.25) is 0 Å². The van der Waals surface area contributed by atoms with Crippen LogP contribution in [0.3, 0.4) is 0 Å². The highest BCUT2D eigenvalue weighted by molar-refractivity contribution is 5.90. The van der Waals surface area contributed by atoms with Crippen molar-refractivity contribution in [3.8, 4) is 0 Å². The van der Waals surface area contributed by atoms with Crippen LogP contribution in [-0.4, -0.2) is 39.9 Å². The lowest BCUT2D eigenvalue weighted by Gasteiger charge is -2.40. The van der Waals surface area contributed by atoms with Gasteiger partial charge in [-0.25, -0.2) is 4.79 Å². The van der Waals surface area contributed by atoms with E-state index in [0.717, 1.165) is 27.7 Å². The standard InChI is InChI=1S/C21H21N3O3/c1-3-18(25)24-17(21(26)27-2)12-15-14-6-4-5-7-16(14)23-19(15)20(24)13-8-10-22-11-9-13/h4-11,17,20,23H,3,12H2,1-2H3. The summed E-state index contributed by atoms with van der Waals surface area (Å²) in [6, 6.07) is 10.7. The number of hydrogen-bond acceptors (Lipinski definition) is 4. The van der Waals surface area contributed by atoms with E-state index in [1.165, 1.54) is 7.11 Å². The van der Waals surface area contributed by atoms with Crippen molar-refractivity contribution < 1.29 is 14.3 Å². The van der Waals surface area contributed by atoms with Gasteiger partial charge in [0.1, 0.15) is 6.04 Å². The number of amides is 1. The second-order valence-corrected chi connectivity index (χ2v) is 6.64. The van der Waals surface area contributed by atoms with Gasteiger partial charge >= 0.3 is 5.97 Å². The molecule has 1 aromatic carbocycles. The molecule has 0 fully saturated rings. The van der Waals surface area contributed by atoms with Gasteiger partial charge in [-0.05, 0) is 29.3 Å². The number of nitrogens with zero attached hydrogens (tertiary/aromatic N) is 2. The zero-order valence-corrected chi connectivity index (χ0v) is 15.3. The lowest BCUT2D eigenvalue weighted by atomic mass is 9.88. The molecule has 1 amide bonds. The summed E-state index contributed by atoms with van der Waals surface area (Å²) in [5.41, 5.74) is 3.91. The molecule has 0 bridgehead atoms. The van der Waals surface area contributed by atoms with E-state index in [0.29, 0.717) is 12.8 Å². The van der Waals surface area contributed by atoms with Crippen LogP contribution in [0.5, 0.6) is 0 Å². The fraction of sp³-hybridized carbons (Fsp3) is 0.286. The fourth-order valence-electron chi connectivity index (χ4n) is 3.99. The molecule has 27 heavy (non-hydrogen) atoms. The molecule has 2 unspecified atom stereocenters. The number of fused-ring (bicyclic) bond motifs is 3. The van der Waals surface area contributed by atoms with E-state index >= 15 is 0 Å². The van der Waals surface area contributed by atoms with Crippen LogP contribution >= 0.6 is 0 Å². The molecule has 4 rings (SSSR count). The number of nitrogens with one attached hydrogen (secondary N) is 1. The summed E-state index contributed by atoms with van der Waals surface area (Å²) in [6.45, 7) is 1.81. The molecule has 1 aliphatic heterocycles. The Hall–Kier alpha value is -3.15. The highest BCUT2D eigenvalue weighted by Gasteiger charge is 2.43. The molecular weight excluding hydrogens is 342 g/mol. The number of H-pyrrole nitrogens is 1. The van der Waals surface area contributed by atoms with E-state index in [-0.39, 0.29) is 11.9 Å². The average Bonchev–Trinajstić information content (AvgIpc) is 3.10. The first-order valence-corrected chi connectivity index (χ1v) is 9.04. The summed E-state index contributed by atoms with van der Waals surface area (Å²) < 4.78 is 5.05. The van der Waals surface area contributed by atoms with Crippen molar-refractivity contribution in [2.75, 3.05) is 7.11 Å². The first-order chi connectivity index (χ1) is 13.2. The number of carbonyl (C=O) groups excluding carboxylic acids is 2. The van der Waals surface area contributed by atoms with Crippen molar-refractivity contribution >= 4 is 22.8 Å². The van der Waals surface area contributed by atoms with Gasteiger partial charge < -0.3 is 14.6 Å². The molecule has 6 nitrogen and oxygen atoms in total. The van der Waals surface area contributed by atoms with Crippen molar-refractivity contribution in [1.29, 1.82) is 0 Å². The number of carbonyl (C=O) groups is 2. The first kappa shape index (κ1) is 17.3. The van der Waals surface area contributed by atoms with Gasteiger partial charge in [-0.1, -0.05) is 25.1 Å². The Labute approximate surface area is 157 Å². The molecule has 0 spiro atoms. The number of methoxy groups -OCH3 is 1. The summed E-state index contributed by atoms with van der Waals surface area (Å²) in [5, 5.41) is 1.07. The molecule has 0 radical (unpaired) electrons. The van der Waals surface area contributed by atoms with E-state index in [1.807, 2.05) is 36.4 Å². The number of aromatic nitrogens is 2. The van der Waals surface area contributed by atoms with Gasteiger partial charge in [-0.2, -0.15) is 0 Å². The summed E-state index contributed by atoms with van der Waals surface area (Å²) in [7, 11) is 1.36. The minimum absolute atomic E-state index is 0.0866.